The minimum absolute atomic E-state index is 0.123. The molecular weight excluding hydrogens is 273 g/mol. The summed E-state index contributed by atoms with van der Waals surface area (Å²) in [5, 5.41) is 0. The third kappa shape index (κ3) is 3.39. The maximum Gasteiger partial charge on any atom is 0.255 e. The third-order valence-corrected chi connectivity index (χ3v) is 4.27. The van der Waals surface area contributed by atoms with E-state index in [1.165, 1.54) is 12.3 Å². The number of ether oxygens (including phenoxy) is 1. The topological polar surface area (TPSA) is 45.7 Å². The average Bonchev–Trinajstić information content (AvgIpc) is 2.55. The van der Waals surface area contributed by atoms with Gasteiger partial charge in [-0.1, -0.05) is 0 Å². The van der Waals surface area contributed by atoms with E-state index in [-0.39, 0.29) is 5.91 Å². The van der Waals surface area contributed by atoms with Crippen LogP contribution in [0.25, 0.3) is 0 Å². The van der Waals surface area contributed by atoms with Crippen LogP contribution in [0.3, 0.4) is 0 Å². The molecule has 1 aromatic rings. The number of aromatic nitrogens is 1. The number of hydrogen-bond donors (Lipinski definition) is 0. The molecule has 0 atom stereocenters. The van der Waals surface area contributed by atoms with Gasteiger partial charge in [0.2, 0.25) is 0 Å². The number of carbonyl (C=O) groups excluding carboxylic acids is 1. The van der Waals surface area contributed by atoms with Crippen LogP contribution in [-0.4, -0.2) is 66.1 Å². The number of hydrogen-bond acceptors (Lipinski definition) is 4. The molecule has 0 N–H and O–H groups in total. The van der Waals surface area contributed by atoms with Crippen molar-refractivity contribution in [2.45, 2.75) is 18.9 Å². The molecular formula is C15H20FN3O2. The number of likely N-dealkylation sites (tertiary alicyclic amines) is 1. The van der Waals surface area contributed by atoms with Crippen LogP contribution in [0.15, 0.2) is 18.5 Å². The second kappa shape index (κ2) is 6.49. The fraction of sp³-hybridized carbons (Fsp3) is 0.600. The smallest absolute Gasteiger partial charge is 0.255 e. The molecule has 2 aliphatic rings. The van der Waals surface area contributed by atoms with E-state index in [2.05, 4.69) is 9.88 Å². The van der Waals surface area contributed by atoms with Gasteiger partial charge in [0, 0.05) is 38.4 Å². The summed E-state index contributed by atoms with van der Waals surface area (Å²) in [5.41, 5.74) is 0.333. The fourth-order valence-corrected chi connectivity index (χ4v) is 3.09. The average molecular weight is 293 g/mol. The summed E-state index contributed by atoms with van der Waals surface area (Å²) in [5.74, 6) is -0.591. The van der Waals surface area contributed by atoms with Crippen molar-refractivity contribution in [3.8, 4) is 0 Å². The highest BCUT2D eigenvalue weighted by Crippen LogP contribution is 2.19. The van der Waals surface area contributed by atoms with Gasteiger partial charge in [0.1, 0.15) is 5.82 Å². The van der Waals surface area contributed by atoms with Crippen LogP contribution in [-0.2, 0) is 4.74 Å². The molecule has 0 bridgehead atoms. The number of rotatable bonds is 2. The highest BCUT2D eigenvalue weighted by atomic mass is 19.1. The van der Waals surface area contributed by atoms with Crippen LogP contribution >= 0.6 is 0 Å². The van der Waals surface area contributed by atoms with Crippen molar-refractivity contribution >= 4 is 5.91 Å². The van der Waals surface area contributed by atoms with Gasteiger partial charge in [0.15, 0.2) is 0 Å². The quantitative estimate of drug-likeness (QED) is 0.821. The van der Waals surface area contributed by atoms with E-state index < -0.39 is 5.82 Å². The number of piperidine rings is 1. The van der Waals surface area contributed by atoms with Crippen LogP contribution in [0.4, 0.5) is 4.39 Å². The van der Waals surface area contributed by atoms with E-state index in [0.717, 1.165) is 58.4 Å². The Balaban J connectivity index is 1.56. The lowest BCUT2D eigenvalue weighted by atomic mass is 10.0. The first-order chi connectivity index (χ1) is 10.2. The molecule has 3 heterocycles. The van der Waals surface area contributed by atoms with E-state index >= 15 is 0 Å². The molecule has 114 valence electrons. The molecule has 1 aromatic heterocycles. The molecule has 2 fully saturated rings. The summed E-state index contributed by atoms with van der Waals surface area (Å²) in [6.45, 7) is 5.00. The van der Waals surface area contributed by atoms with Gasteiger partial charge in [0.05, 0.1) is 25.0 Å². The van der Waals surface area contributed by atoms with Crippen LogP contribution in [0, 0.1) is 5.82 Å². The molecule has 0 spiro atoms. The first-order valence-electron chi connectivity index (χ1n) is 7.45. The molecule has 2 aliphatic heterocycles. The Hall–Kier alpha value is -1.53. The standard InChI is InChI=1S/C15H20FN3O2/c16-13-9-12(10-17-11-13)15(20)19-3-1-14(2-4-19)18-5-7-21-8-6-18/h9-11,14H,1-8H2. The lowest BCUT2D eigenvalue weighted by Crippen LogP contribution is -2.50. The highest BCUT2D eigenvalue weighted by molar-refractivity contribution is 5.93. The van der Waals surface area contributed by atoms with Gasteiger partial charge >= 0.3 is 0 Å². The molecule has 0 aliphatic carbocycles. The fourth-order valence-electron chi connectivity index (χ4n) is 3.09. The zero-order valence-corrected chi connectivity index (χ0v) is 12.0. The molecule has 6 heteroatoms. The second-order valence-corrected chi connectivity index (χ2v) is 5.56. The second-order valence-electron chi connectivity index (χ2n) is 5.56. The van der Waals surface area contributed by atoms with Crippen molar-refractivity contribution in [3.63, 3.8) is 0 Å². The van der Waals surface area contributed by atoms with Crippen LogP contribution in [0.5, 0.6) is 0 Å². The summed E-state index contributed by atoms with van der Waals surface area (Å²) in [6.07, 6.45) is 4.48. The number of nitrogens with zero attached hydrogens (tertiary/aromatic N) is 3. The monoisotopic (exact) mass is 293 g/mol. The van der Waals surface area contributed by atoms with Gasteiger partial charge in [-0.3, -0.25) is 14.7 Å². The number of morpholine rings is 1. The summed E-state index contributed by atoms with van der Waals surface area (Å²) in [7, 11) is 0. The maximum atomic E-state index is 13.1. The van der Waals surface area contributed by atoms with Gasteiger partial charge in [-0.2, -0.15) is 0 Å². The van der Waals surface area contributed by atoms with Crippen molar-refractivity contribution in [3.05, 3.63) is 29.8 Å². The van der Waals surface area contributed by atoms with Crippen molar-refractivity contribution < 1.29 is 13.9 Å². The lowest BCUT2D eigenvalue weighted by Gasteiger charge is -2.40. The largest absolute Gasteiger partial charge is 0.379 e. The summed E-state index contributed by atoms with van der Waals surface area (Å²) >= 11 is 0. The molecule has 0 aromatic carbocycles. The maximum absolute atomic E-state index is 13.1. The van der Waals surface area contributed by atoms with Crippen LogP contribution in [0.2, 0.25) is 0 Å². The van der Waals surface area contributed by atoms with Crippen LogP contribution < -0.4 is 0 Å². The highest BCUT2D eigenvalue weighted by Gasteiger charge is 2.28. The molecule has 2 saturated heterocycles. The number of carbonyl (C=O) groups is 1. The normalized spacial score (nSPS) is 21.5. The van der Waals surface area contributed by atoms with Crippen LogP contribution in [0.1, 0.15) is 23.2 Å². The molecule has 0 radical (unpaired) electrons. The predicted octanol–water partition coefficient (Wildman–Crippen LogP) is 1.16. The van der Waals surface area contributed by atoms with Gasteiger partial charge in [-0.15, -0.1) is 0 Å². The zero-order chi connectivity index (χ0) is 14.7. The molecule has 21 heavy (non-hydrogen) atoms. The number of amides is 1. The zero-order valence-electron chi connectivity index (χ0n) is 12.0. The lowest BCUT2D eigenvalue weighted by molar-refractivity contribution is 0.00158. The van der Waals surface area contributed by atoms with E-state index in [1.54, 1.807) is 4.90 Å². The van der Waals surface area contributed by atoms with Gasteiger partial charge < -0.3 is 9.64 Å². The number of halogens is 1. The first-order valence-corrected chi connectivity index (χ1v) is 7.45. The minimum atomic E-state index is -0.468. The van der Waals surface area contributed by atoms with Crippen molar-refractivity contribution in [1.29, 1.82) is 0 Å². The summed E-state index contributed by atoms with van der Waals surface area (Å²) < 4.78 is 18.5. The molecule has 0 unspecified atom stereocenters. The summed E-state index contributed by atoms with van der Waals surface area (Å²) in [4.78, 5) is 20.3. The Morgan fingerprint density at radius 3 is 2.57 bits per heavy atom. The Bertz CT molecular complexity index is 497. The van der Waals surface area contributed by atoms with E-state index in [1.807, 2.05) is 0 Å². The summed E-state index contributed by atoms with van der Waals surface area (Å²) in [6, 6.07) is 1.78. The molecule has 1 amide bonds. The van der Waals surface area contributed by atoms with Gasteiger partial charge in [-0.25, -0.2) is 4.39 Å². The van der Waals surface area contributed by atoms with E-state index in [0.29, 0.717) is 11.6 Å². The minimum Gasteiger partial charge on any atom is -0.379 e. The van der Waals surface area contributed by atoms with Gasteiger partial charge in [0.25, 0.3) is 5.91 Å². The van der Waals surface area contributed by atoms with Crippen molar-refractivity contribution in [1.82, 2.24) is 14.8 Å². The predicted molar refractivity (Wildman–Crippen MR) is 75.5 cm³/mol. The molecule has 3 rings (SSSR count). The van der Waals surface area contributed by atoms with Crippen molar-refractivity contribution in [2.75, 3.05) is 39.4 Å². The SMILES string of the molecule is O=C(c1cncc(F)c1)N1CCC(N2CCOCC2)CC1. The molecule has 0 saturated carbocycles. The Morgan fingerprint density at radius 2 is 1.90 bits per heavy atom. The third-order valence-electron chi connectivity index (χ3n) is 4.27. The number of pyridine rings is 1. The van der Waals surface area contributed by atoms with E-state index in [4.69, 9.17) is 4.74 Å². The first kappa shape index (κ1) is 14.4. The van der Waals surface area contributed by atoms with E-state index in [9.17, 15) is 9.18 Å². The van der Waals surface area contributed by atoms with Gasteiger partial charge in [-0.05, 0) is 18.9 Å². The Morgan fingerprint density at radius 1 is 1.19 bits per heavy atom. The Labute approximate surface area is 123 Å². The Kier molecular flexibility index (Phi) is 4.45. The molecule has 5 nitrogen and oxygen atoms in total. The van der Waals surface area contributed by atoms with Crippen molar-refractivity contribution in [2.24, 2.45) is 0 Å².